The summed E-state index contributed by atoms with van der Waals surface area (Å²) >= 11 is 0. The van der Waals surface area contributed by atoms with E-state index in [4.69, 9.17) is 5.73 Å². The van der Waals surface area contributed by atoms with Gasteiger partial charge in [-0.15, -0.1) is 0 Å². The highest BCUT2D eigenvalue weighted by atomic mass is 19.1. The molecule has 1 atom stereocenters. The fourth-order valence-electron chi connectivity index (χ4n) is 3.06. The number of hydrogen-bond acceptors (Lipinski definition) is 3. The lowest BCUT2D eigenvalue weighted by molar-refractivity contribution is -0.118. The Morgan fingerprint density at radius 2 is 1.62 bits per heavy atom. The quantitative estimate of drug-likeness (QED) is 0.884. The van der Waals surface area contributed by atoms with Crippen molar-refractivity contribution in [2.45, 2.75) is 25.3 Å². The molecule has 0 spiro atoms. The zero-order valence-electron chi connectivity index (χ0n) is 13.5. The molecule has 126 valence electrons. The number of halogens is 1. The van der Waals surface area contributed by atoms with E-state index >= 15 is 0 Å². The van der Waals surface area contributed by atoms with Crippen molar-refractivity contribution in [1.29, 1.82) is 0 Å². The highest BCUT2D eigenvalue weighted by Gasteiger charge is 2.18. The molecule has 0 unspecified atom stereocenters. The van der Waals surface area contributed by atoms with Crippen molar-refractivity contribution in [1.82, 2.24) is 0 Å². The minimum absolute atomic E-state index is 0.340. The number of carbonyl (C=O) groups is 1. The Bertz CT molecular complexity index is 679. The molecule has 1 aliphatic heterocycles. The van der Waals surface area contributed by atoms with Gasteiger partial charge in [0.1, 0.15) is 11.9 Å². The van der Waals surface area contributed by atoms with Crippen LogP contribution < -0.4 is 16.0 Å². The van der Waals surface area contributed by atoms with Crippen molar-refractivity contribution in [3.05, 3.63) is 59.9 Å². The monoisotopic (exact) mass is 327 g/mol. The molecule has 1 heterocycles. The minimum atomic E-state index is -0.688. The summed E-state index contributed by atoms with van der Waals surface area (Å²) in [4.78, 5) is 14.1. The lowest BCUT2D eigenvalue weighted by Crippen LogP contribution is -2.29. The third-order valence-corrected chi connectivity index (χ3v) is 4.39. The summed E-state index contributed by atoms with van der Waals surface area (Å²) in [5.74, 6) is -0.838. The fourth-order valence-corrected chi connectivity index (χ4v) is 3.06. The second kappa shape index (κ2) is 7.34. The van der Waals surface area contributed by atoms with Crippen molar-refractivity contribution in [3.63, 3.8) is 0 Å². The molecule has 0 aliphatic carbocycles. The average Bonchev–Trinajstić information content (AvgIpc) is 2.62. The highest BCUT2D eigenvalue weighted by Crippen LogP contribution is 2.24. The van der Waals surface area contributed by atoms with E-state index in [0.717, 1.165) is 18.8 Å². The SMILES string of the molecule is NC(=O)[C@H](Nc1ccc(N2CCCCC2)cc1)c1ccc(F)cc1. The van der Waals surface area contributed by atoms with Gasteiger partial charge in [-0.25, -0.2) is 4.39 Å². The largest absolute Gasteiger partial charge is 0.372 e. The molecule has 3 N–H and O–H groups in total. The van der Waals surface area contributed by atoms with Gasteiger partial charge in [0, 0.05) is 24.5 Å². The van der Waals surface area contributed by atoms with Crippen LogP contribution in [0.15, 0.2) is 48.5 Å². The number of piperidine rings is 1. The molecule has 1 aliphatic rings. The van der Waals surface area contributed by atoms with Crippen LogP contribution in [0.5, 0.6) is 0 Å². The Labute approximate surface area is 141 Å². The molecule has 0 aromatic heterocycles. The van der Waals surface area contributed by atoms with E-state index in [0.29, 0.717) is 5.56 Å². The normalized spacial score (nSPS) is 15.8. The van der Waals surface area contributed by atoms with Crippen LogP contribution in [0, 0.1) is 5.82 Å². The van der Waals surface area contributed by atoms with E-state index in [9.17, 15) is 9.18 Å². The molecule has 0 saturated carbocycles. The minimum Gasteiger partial charge on any atom is -0.372 e. The van der Waals surface area contributed by atoms with Gasteiger partial charge in [0.15, 0.2) is 0 Å². The van der Waals surface area contributed by atoms with Crippen LogP contribution in [0.1, 0.15) is 30.9 Å². The average molecular weight is 327 g/mol. The van der Waals surface area contributed by atoms with E-state index in [1.54, 1.807) is 12.1 Å². The predicted molar refractivity (Wildman–Crippen MR) is 94.5 cm³/mol. The van der Waals surface area contributed by atoms with Gasteiger partial charge in [-0.2, -0.15) is 0 Å². The number of carbonyl (C=O) groups excluding carboxylic acids is 1. The third-order valence-electron chi connectivity index (χ3n) is 4.39. The number of primary amides is 1. The molecule has 5 heteroatoms. The molecule has 1 amide bonds. The lowest BCUT2D eigenvalue weighted by Gasteiger charge is -2.29. The molecule has 0 radical (unpaired) electrons. The van der Waals surface area contributed by atoms with Crippen LogP contribution >= 0.6 is 0 Å². The molecule has 0 bridgehead atoms. The standard InChI is InChI=1S/C19H22FN3O/c20-15-6-4-14(5-7-15)18(19(21)24)22-16-8-10-17(11-9-16)23-12-2-1-3-13-23/h4-11,18,22H,1-3,12-13H2,(H2,21,24)/t18-/m1/s1. The molecule has 2 aromatic rings. The molecular weight excluding hydrogens is 305 g/mol. The number of nitrogens with one attached hydrogen (secondary N) is 1. The van der Waals surface area contributed by atoms with E-state index in [1.807, 2.05) is 12.1 Å². The number of nitrogens with zero attached hydrogens (tertiary/aromatic N) is 1. The number of rotatable bonds is 5. The van der Waals surface area contributed by atoms with Crippen LogP contribution in [0.3, 0.4) is 0 Å². The Morgan fingerprint density at radius 3 is 2.21 bits per heavy atom. The van der Waals surface area contributed by atoms with Gasteiger partial charge >= 0.3 is 0 Å². The van der Waals surface area contributed by atoms with Gasteiger partial charge in [-0.05, 0) is 61.2 Å². The first-order chi connectivity index (χ1) is 11.6. The highest BCUT2D eigenvalue weighted by molar-refractivity contribution is 5.84. The van der Waals surface area contributed by atoms with Crippen LogP contribution in [-0.2, 0) is 4.79 Å². The Kier molecular flexibility index (Phi) is 4.99. The van der Waals surface area contributed by atoms with Crippen molar-refractivity contribution in [3.8, 4) is 0 Å². The summed E-state index contributed by atoms with van der Waals surface area (Å²) in [6.45, 7) is 2.18. The maximum atomic E-state index is 13.1. The Morgan fingerprint density at radius 1 is 1.00 bits per heavy atom. The van der Waals surface area contributed by atoms with Crippen molar-refractivity contribution in [2.75, 3.05) is 23.3 Å². The van der Waals surface area contributed by atoms with Crippen molar-refractivity contribution in [2.24, 2.45) is 5.73 Å². The van der Waals surface area contributed by atoms with E-state index in [1.165, 1.54) is 37.1 Å². The second-order valence-electron chi connectivity index (χ2n) is 6.13. The zero-order chi connectivity index (χ0) is 16.9. The third kappa shape index (κ3) is 3.85. The Hall–Kier alpha value is -2.56. The molecule has 24 heavy (non-hydrogen) atoms. The van der Waals surface area contributed by atoms with Gasteiger partial charge in [0.05, 0.1) is 0 Å². The zero-order valence-corrected chi connectivity index (χ0v) is 13.5. The maximum absolute atomic E-state index is 13.1. The summed E-state index contributed by atoms with van der Waals surface area (Å²) in [6.07, 6.45) is 3.76. The molecule has 3 rings (SSSR count). The number of hydrogen-bond donors (Lipinski definition) is 2. The number of benzene rings is 2. The summed E-state index contributed by atoms with van der Waals surface area (Å²) in [7, 11) is 0. The predicted octanol–water partition coefficient (Wildman–Crippen LogP) is 3.45. The topological polar surface area (TPSA) is 58.4 Å². The first-order valence-electron chi connectivity index (χ1n) is 8.30. The van der Waals surface area contributed by atoms with Crippen molar-refractivity contribution < 1.29 is 9.18 Å². The molecule has 1 saturated heterocycles. The smallest absolute Gasteiger partial charge is 0.244 e. The van der Waals surface area contributed by atoms with Crippen LogP contribution in [0.25, 0.3) is 0 Å². The van der Waals surface area contributed by atoms with Crippen LogP contribution in [-0.4, -0.2) is 19.0 Å². The summed E-state index contributed by atoms with van der Waals surface area (Å²) in [6, 6.07) is 13.1. The van der Waals surface area contributed by atoms with Gasteiger partial charge in [0.2, 0.25) is 5.91 Å². The second-order valence-corrected chi connectivity index (χ2v) is 6.13. The number of amides is 1. The van der Waals surface area contributed by atoms with Crippen molar-refractivity contribution >= 4 is 17.3 Å². The number of anilines is 2. The van der Waals surface area contributed by atoms with E-state index < -0.39 is 11.9 Å². The van der Waals surface area contributed by atoms with Gasteiger partial charge in [-0.1, -0.05) is 12.1 Å². The molecule has 1 fully saturated rings. The van der Waals surface area contributed by atoms with Crippen LogP contribution in [0.2, 0.25) is 0 Å². The first-order valence-corrected chi connectivity index (χ1v) is 8.30. The van der Waals surface area contributed by atoms with Gasteiger partial charge < -0.3 is 16.0 Å². The molecular formula is C19H22FN3O. The maximum Gasteiger partial charge on any atom is 0.244 e. The van der Waals surface area contributed by atoms with E-state index in [2.05, 4.69) is 22.3 Å². The summed E-state index contributed by atoms with van der Waals surface area (Å²) in [5, 5.41) is 3.13. The first kappa shape index (κ1) is 16.3. The summed E-state index contributed by atoms with van der Waals surface area (Å²) < 4.78 is 13.1. The fraction of sp³-hybridized carbons (Fsp3) is 0.316. The summed E-state index contributed by atoms with van der Waals surface area (Å²) in [5.41, 5.74) is 8.14. The van der Waals surface area contributed by atoms with Gasteiger partial charge in [0.25, 0.3) is 0 Å². The lowest BCUT2D eigenvalue weighted by atomic mass is 10.1. The van der Waals surface area contributed by atoms with E-state index in [-0.39, 0.29) is 5.82 Å². The number of nitrogens with two attached hydrogens (primary N) is 1. The van der Waals surface area contributed by atoms with Crippen LogP contribution in [0.4, 0.5) is 15.8 Å². The molecule has 4 nitrogen and oxygen atoms in total. The Balaban J connectivity index is 1.73. The molecule has 2 aromatic carbocycles. The van der Waals surface area contributed by atoms with Gasteiger partial charge in [-0.3, -0.25) is 4.79 Å².